The Kier molecular flexibility index (Phi) is 4.39. The number of rotatable bonds is 5. The number of benzene rings is 2. The fourth-order valence-corrected chi connectivity index (χ4v) is 3.33. The van der Waals surface area contributed by atoms with Gasteiger partial charge >= 0.3 is 0 Å². The Morgan fingerprint density at radius 2 is 1.73 bits per heavy atom. The fraction of sp³-hybridized carbons (Fsp3) is 0.300. The largest absolute Gasteiger partial charge is 0.496 e. The van der Waals surface area contributed by atoms with Crippen molar-refractivity contribution in [3.8, 4) is 0 Å². The van der Waals surface area contributed by atoms with Crippen LogP contribution in [-0.4, -0.2) is 7.11 Å². The fourth-order valence-electron chi connectivity index (χ4n) is 3.06. The van der Waals surface area contributed by atoms with Crippen LogP contribution in [0.5, 0.6) is 0 Å². The van der Waals surface area contributed by atoms with Crippen molar-refractivity contribution in [1.82, 2.24) is 0 Å². The SMILES string of the molecule is CO/C(=C\C(C)(c1ccc(Br)cc1)C1CC1)c1ccccc1. The molecule has 1 atom stereocenters. The lowest BCUT2D eigenvalue weighted by atomic mass is 9.77. The topological polar surface area (TPSA) is 9.23 Å². The van der Waals surface area contributed by atoms with Crippen LogP contribution in [0.15, 0.2) is 65.1 Å². The van der Waals surface area contributed by atoms with Crippen molar-refractivity contribution in [2.24, 2.45) is 5.92 Å². The van der Waals surface area contributed by atoms with E-state index < -0.39 is 0 Å². The minimum Gasteiger partial charge on any atom is -0.496 e. The predicted molar refractivity (Wildman–Crippen MR) is 95.6 cm³/mol. The van der Waals surface area contributed by atoms with E-state index in [-0.39, 0.29) is 5.41 Å². The molecule has 0 heterocycles. The van der Waals surface area contributed by atoms with E-state index >= 15 is 0 Å². The zero-order valence-corrected chi connectivity index (χ0v) is 14.6. The zero-order valence-electron chi connectivity index (χ0n) is 13.1. The average molecular weight is 357 g/mol. The van der Waals surface area contributed by atoms with E-state index in [1.54, 1.807) is 7.11 Å². The second kappa shape index (κ2) is 6.29. The molecule has 1 fully saturated rings. The highest BCUT2D eigenvalue weighted by Crippen LogP contribution is 2.49. The Morgan fingerprint density at radius 3 is 2.27 bits per heavy atom. The van der Waals surface area contributed by atoms with Gasteiger partial charge in [-0.05, 0) is 42.5 Å². The van der Waals surface area contributed by atoms with Crippen LogP contribution in [0, 0.1) is 5.92 Å². The third-order valence-corrected chi connectivity index (χ3v) is 5.13. The molecular formula is C20H21BrO. The molecule has 2 aromatic carbocycles. The summed E-state index contributed by atoms with van der Waals surface area (Å²) in [5.41, 5.74) is 2.50. The summed E-state index contributed by atoms with van der Waals surface area (Å²) < 4.78 is 6.83. The lowest BCUT2D eigenvalue weighted by molar-refractivity contribution is 0.361. The molecule has 1 unspecified atom stereocenters. The van der Waals surface area contributed by atoms with Crippen LogP contribution >= 0.6 is 15.9 Å². The van der Waals surface area contributed by atoms with Gasteiger partial charge in [-0.3, -0.25) is 0 Å². The van der Waals surface area contributed by atoms with Gasteiger partial charge in [0.25, 0.3) is 0 Å². The molecule has 0 bridgehead atoms. The first-order chi connectivity index (χ1) is 10.6. The highest BCUT2D eigenvalue weighted by molar-refractivity contribution is 9.10. The van der Waals surface area contributed by atoms with E-state index in [2.05, 4.69) is 77.5 Å². The molecular weight excluding hydrogens is 336 g/mol. The van der Waals surface area contributed by atoms with Gasteiger partial charge < -0.3 is 4.74 Å². The summed E-state index contributed by atoms with van der Waals surface area (Å²) in [6, 6.07) is 19.0. The molecule has 0 spiro atoms. The molecule has 22 heavy (non-hydrogen) atoms. The second-order valence-corrected chi connectivity index (χ2v) is 7.06. The minimum absolute atomic E-state index is 0.0158. The molecule has 1 aliphatic rings. The molecule has 0 amide bonds. The van der Waals surface area contributed by atoms with Crippen molar-refractivity contribution in [2.45, 2.75) is 25.2 Å². The highest BCUT2D eigenvalue weighted by atomic mass is 79.9. The van der Waals surface area contributed by atoms with E-state index in [0.29, 0.717) is 5.92 Å². The number of methoxy groups -OCH3 is 1. The summed E-state index contributed by atoms with van der Waals surface area (Å²) in [6.07, 6.45) is 4.88. The van der Waals surface area contributed by atoms with Gasteiger partial charge in [-0.2, -0.15) is 0 Å². The Bertz CT molecular complexity index is 656. The molecule has 2 aromatic rings. The lowest BCUT2D eigenvalue weighted by Gasteiger charge is -2.28. The number of hydrogen-bond acceptors (Lipinski definition) is 1. The van der Waals surface area contributed by atoms with Crippen molar-refractivity contribution in [1.29, 1.82) is 0 Å². The van der Waals surface area contributed by atoms with Gasteiger partial charge in [0, 0.05) is 15.5 Å². The quantitative estimate of drug-likeness (QED) is 0.614. The molecule has 0 radical (unpaired) electrons. The average Bonchev–Trinajstić information content (AvgIpc) is 3.39. The summed E-state index contributed by atoms with van der Waals surface area (Å²) in [7, 11) is 1.76. The summed E-state index contributed by atoms with van der Waals surface area (Å²) in [5.74, 6) is 1.65. The number of halogens is 1. The molecule has 1 saturated carbocycles. The van der Waals surface area contributed by atoms with Crippen LogP contribution in [0.1, 0.15) is 30.9 Å². The number of allylic oxidation sites excluding steroid dienone is 1. The summed E-state index contributed by atoms with van der Waals surface area (Å²) >= 11 is 3.53. The van der Waals surface area contributed by atoms with Gasteiger partial charge in [0.1, 0.15) is 5.76 Å². The first-order valence-corrected chi connectivity index (χ1v) is 8.51. The van der Waals surface area contributed by atoms with Crippen molar-refractivity contribution >= 4 is 21.7 Å². The van der Waals surface area contributed by atoms with Gasteiger partial charge in [-0.1, -0.05) is 65.3 Å². The van der Waals surface area contributed by atoms with Gasteiger partial charge in [0.15, 0.2) is 0 Å². The van der Waals surface area contributed by atoms with Crippen molar-refractivity contribution in [3.05, 3.63) is 76.3 Å². The molecule has 1 aliphatic carbocycles. The monoisotopic (exact) mass is 356 g/mol. The first kappa shape index (κ1) is 15.4. The van der Waals surface area contributed by atoms with Crippen LogP contribution in [0.25, 0.3) is 5.76 Å². The van der Waals surface area contributed by atoms with Crippen LogP contribution in [0.4, 0.5) is 0 Å². The molecule has 3 rings (SSSR count). The highest BCUT2D eigenvalue weighted by Gasteiger charge is 2.41. The maximum Gasteiger partial charge on any atom is 0.122 e. The van der Waals surface area contributed by atoms with Gasteiger partial charge in [0.05, 0.1) is 7.11 Å². The Labute approximate surface area is 141 Å². The zero-order chi connectivity index (χ0) is 15.6. The van der Waals surface area contributed by atoms with Crippen LogP contribution in [0.2, 0.25) is 0 Å². The van der Waals surface area contributed by atoms with Crippen LogP contribution in [0.3, 0.4) is 0 Å². The number of hydrogen-bond donors (Lipinski definition) is 0. The minimum atomic E-state index is 0.0158. The molecule has 2 heteroatoms. The van der Waals surface area contributed by atoms with Gasteiger partial charge in [-0.25, -0.2) is 0 Å². The summed E-state index contributed by atoms with van der Waals surface area (Å²) in [4.78, 5) is 0. The Morgan fingerprint density at radius 1 is 1.09 bits per heavy atom. The Balaban J connectivity index is 2.03. The van der Waals surface area contributed by atoms with E-state index in [0.717, 1.165) is 15.8 Å². The Hall–Kier alpha value is -1.54. The predicted octanol–water partition coefficient (Wildman–Crippen LogP) is 5.80. The molecule has 0 aliphatic heterocycles. The standard InChI is InChI=1S/C20H21BrO/c1-20(16-8-9-16,17-10-12-18(21)13-11-17)14-19(22-2)15-6-4-3-5-7-15/h3-7,10-14,16H,8-9H2,1-2H3/b19-14-. The summed E-state index contributed by atoms with van der Waals surface area (Å²) in [5, 5.41) is 0. The van der Waals surface area contributed by atoms with E-state index in [4.69, 9.17) is 4.74 Å². The number of ether oxygens (including phenoxy) is 1. The molecule has 1 nitrogen and oxygen atoms in total. The van der Waals surface area contributed by atoms with Crippen LogP contribution < -0.4 is 0 Å². The molecule has 0 saturated heterocycles. The first-order valence-electron chi connectivity index (χ1n) is 7.72. The van der Waals surface area contributed by atoms with Gasteiger partial charge in [-0.15, -0.1) is 0 Å². The third-order valence-electron chi connectivity index (χ3n) is 4.60. The maximum atomic E-state index is 5.71. The maximum absolute atomic E-state index is 5.71. The lowest BCUT2D eigenvalue weighted by Crippen LogP contribution is -2.22. The third kappa shape index (κ3) is 3.12. The molecule has 0 N–H and O–H groups in total. The van der Waals surface area contributed by atoms with Crippen molar-refractivity contribution < 1.29 is 4.74 Å². The van der Waals surface area contributed by atoms with E-state index in [1.807, 2.05) is 6.07 Å². The molecule has 114 valence electrons. The normalized spacial score (nSPS) is 17.9. The van der Waals surface area contributed by atoms with Crippen molar-refractivity contribution in [3.63, 3.8) is 0 Å². The summed E-state index contributed by atoms with van der Waals surface area (Å²) in [6.45, 7) is 2.33. The second-order valence-electron chi connectivity index (χ2n) is 6.14. The van der Waals surface area contributed by atoms with E-state index in [9.17, 15) is 0 Å². The van der Waals surface area contributed by atoms with E-state index in [1.165, 1.54) is 18.4 Å². The van der Waals surface area contributed by atoms with Crippen molar-refractivity contribution in [2.75, 3.05) is 7.11 Å². The smallest absolute Gasteiger partial charge is 0.122 e. The van der Waals surface area contributed by atoms with Crippen LogP contribution in [-0.2, 0) is 10.2 Å². The van der Waals surface area contributed by atoms with Gasteiger partial charge in [0.2, 0.25) is 0 Å². The molecule has 0 aromatic heterocycles.